The first-order chi connectivity index (χ1) is 9.48. The van der Waals surface area contributed by atoms with Gasteiger partial charge in [0.15, 0.2) is 0 Å². The van der Waals surface area contributed by atoms with Crippen molar-refractivity contribution in [1.82, 2.24) is 9.78 Å². The predicted molar refractivity (Wildman–Crippen MR) is 82.7 cm³/mol. The summed E-state index contributed by atoms with van der Waals surface area (Å²) in [6.45, 7) is 8.84. The van der Waals surface area contributed by atoms with Crippen LogP contribution in [0.1, 0.15) is 71.5 Å². The second-order valence-electron chi connectivity index (χ2n) is 6.83. The molecule has 1 aromatic heterocycles. The fraction of sp³-hybridized carbons (Fsp3) is 0.824. The molecule has 1 aromatic rings. The largest absolute Gasteiger partial charge is 0.389 e. The van der Waals surface area contributed by atoms with E-state index in [9.17, 15) is 5.11 Å². The minimum atomic E-state index is -0.565. The SMILES string of the molecule is CCC(CC)n1ccc(CC2(O)CC(C)CCC2C)n1. The van der Waals surface area contributed by atoms with Crippen molar-refractivity contribution < 1.29 is 5.11 Å². The molecule has 1 heterocycles. The molecule has 3 heteroatoms. The molecule has 1 aliphatic carbocycles. The second-order valence-corrected chi connectivity index (χ2v) is 6.83. The van der Waals surface area contributed by atoms with E-state index in [1.165, 1.54) is 6.42 Å². The Kier molecular flexibility index (Phi) is 4.90. The quantitative estimate of drug-likeness (QED) is 0.885. The first kappa shape index (κ1) is 15.6. The number of nitrogens with zero attached hydrogens (tertiary/aromatic N) is 2. The van der Waals surface area contributed by atoms with Gasteiger partial charge in [-0.15, -0.1) is 0 Å². The van der Waals surface area contributed by atoms with Gasteiger partial charge in [-0.1, -0.05) is 34.1 Å². The van der Waals surface area contributed by atoms with Gasteiger partial charge in [0.1, 0.15) is 0 Å². The van der Waals surface area contributed by atoms with Crippen LogP contribution in [0.2, 0.25) is 0 Å². The van der Waals surface area contributed by atoms with Crippen LogP contribution in [0, 0.1) is 11.8 Å². The lowest BCUT2D eigenvalue weighted by Gasteiger charge is -2.40. The maximum atomic E-state index is 11.0. The summed E-state index contributed by atoms with van der Waals surface area (Å²) < 4.78 is 2.08. The van der Waals surface area contributed by atoms with E-state index in [0.717, 1.165) is 31.4 Å². The Morgan fingerprint density at radius 3 is 2.70 bits per heavy atom. The molecule has 114 valence electrons. The van der Waals surface area contributed by atoms with Crippen LogP contribution in [-0.2, 0) is 6.42 Å². The predicted octanol–water partition coefficient (Wildman–Crippen LogP) is 3.97. The van der Waals surface area contributed by atoms with Gasteiger partial charge in [0.05, 0.1) is 17.3 Å². The molecule has 0 aromatic carbocycles. The lowest BCUT2D eigenvalue weighted by atomic mass is 9.70. The minimum Gasteiger partial charge on any atom is -0.389 e. The van der Waals surface area contributed by atoms with Gasteiger partial charge in [-0.2, -0.15) is 5.10 Å². The van der Waals surface area contributed by atoms with E-state index >= 15 is 0 Å². The van der Waals surface area contributed by atoms with Crippen molar-refractivity contribution in [2.75, 3.05) is 0 Å². The van der Waals surface area contributed by atoms with E-state index < -0.39 is 5.60 Å². The Balaban J connectivity index is 2.09. The summed E-state index contributed by atoms with van der Waals surface area (Å²) in [5.41, 5.74) is 0.477. The number of aromatic nitrogens is 2. The van der Waals surface area contributed by atoms with Crippen molar-refractivity contribution in [2.24, 2.45) is 11.8 Å². The van der Waals surface area contributed by atoms with Gasteiger partial charge >= 0.3 is 0 Å². The fourth-order valence-electron chi connectivity index (χ4n) is 3.61. The van der Waals surface area contributed by atoms with Gasteiger partial charge in [0, 0.05) is 12.6 Å². The summed E-state index contributed by atoms with van der Waals surface area (Å²) in [5.74, 6) is 0.995. The molecule has 0 amide bonds. The Morgan fingerprint density at radius 1 is 1.35 bits per heavy atom. The Hall–Kier alpha value is -0.830. The Morgan fingerprint density at radius 2 is 2.05 bits per heavy atom. The van der Waals surface area contributed by atoms with E-state index in [0.29, 0.717) is 24.3 Å². The second kappa shape index (κ2) is 6.30. The molecule has 0 radical (unpaired) electrons. The van der Waals surface area contributed by atoms with E-state index in [2.05, 4.69) is 44.6 Å². The van der Waals surface area contributed by atoms with Crippen molar-refractivity contribution in [3.63, 3.8) is 0 Å². The molecule has 2 rings (SSSR count). The van der Waals surface area contributed by atoms with Gasteiger partial charge in [-0.05, 0) is 43.6 Å². The third-order valence-corrected chi connectivity index (χ3v) is 5.18. The Labute approximate surface area is 123 Å². The smallest absolute Gasteiger partial charge is 0.0731 e. The van der Waals surface area contributed by atoms with Crippen LogP contribution in [0.3, 0.4) is 0 Å². The maximum Gasteiger partial charge on any atom is 0.0731 e. The first-order valence-electron chi connectivity index (χ1n) is 8.25. The molecule has 1 saturated carbocycles. The number of rotatable bonds is 5. The maximum absolute atomic E-state index is 11.0. The van der Waals surface area contributed by atoms with Crippen LogP contribution in [0.25, 0.3) is 0 Å². The normalized spacial score (nSPS) is 30.9. The van der Waals surface area contributed by atoms with Gasteiger partial charge in [-0.25, -0.2) is 0 Å². The number of hydrogen-bond donors (Lipinski definition) is 1. The highest BCUT2D eigenvalue weighted by molar-refractivity contribution is 5.07. The highest BCUT2D eigenvalue weighted by atomic mass is 16.3. The van der Waals surface area contributed by atoms with Crippen LogP contribution in [0.15, 0.2) is 12.3 Å². The monoisotopic (exact) mass is 278 g/mol. The first-order valence-corrected chi connectivity index (χ1v) is 8.25. The molecular weight excluding hydrogens is 248 g/mol. The summed E-state index contributed by atoms with van der Waals surface area (Å²) in [4.78, 5) is 0. The van der Waals surface area contributed by atoms with Crippen molar-refractivity contribution in [3.8, 4) is 0 Å². The molecule has 3 nitrogen and oxygen atoms in total. The topological polar surface area (TPSA) is 38.0 Å². The van der Waals surface area contributed by atoms with Crippen molar-refractivity contribution >= 4 is 0 Å². The van der Waals surface area contributed by atoms with Crippen LogP contribution in [0.4, 0.5) is 0 Å². The van der Waals surface area contributed by atoms with Gasteiger partial charge in [0.2, 0.25) is 0 Å². The fourth-order valence-corrected chi connectivity index (χ4v) is 3.61. The summed E-state index contributed by atoms with van der Waals surface area (Å²) in [6, 6.07) is 2.57. The average Bonchev–Trinajstić information content (AvgIpc) is 2.84. The van der Waals surface area contributed by atoms with Crippen LogP contribution in [0.5, 0.6) is 0 Å². The summed E-state index contributed by atoms with van der Waals surface area (Å²) in [7, 11) is 0. The molecule has 1 fully saturated rings. The number of aliphatic hydroxyl groups is 1. The van der Waals surface area contributed by atoms with Crippen LogP contribution in [-0.4, -0.2) is 20.5 Å². The van der Waals surface area contributed by atoms with E-state index in [-0.39, 0.29) is 0 Å². The lowest BCUT2D eigenvalue weighted by Crippen LogP contribution is -2.43. The highest BCUT2D eigenvalue weighted by Gasteiger charge is 2.39. The molecular formula is C17H30N2O. The Bertz CT molecular complexity index is 424. The van der Waals surface area contributed by atoms with Gasteiger partial charge in [-0.3, -0.25) is 4.68 Å². The molecule has 20 heavy (non-hydrogen) atoms. The van der Waals surface area contributed by atoms with Gasteiger partial charge in [0.25, 0.3) is 0 Å². The van der Waals surface area contributed by atoms with Crippen molar-refractivity contribution in [1.29, 1.82) is 0 Å². The number of hydrogen-bond acceptors (Lipinski definition) is 2. The summed E-state index contributed by atoms with van der Waals surface area (Å²) in [6.07, 6.45) is 8.27. The summed E-state index contributed by atoms with van der Waals surface area (Å²) >= 11 is 0. The molecule has 3 atom stereocenters. The standard InChI is InChI=1S/C17H30N2O/c1-5-16(6-2)19-10-9-15(18-19)12-17(20)11-13(3)7-8-14(17)4/h9-10,13-14,16,20H,5-8,11-12H2,1-4H3. The lowest BCUT2D eigenvalue weighted by molar-refractivity contribution is -0.0567. The van der Waals surface area contributed by atoms with Crippen molar-refractivity contribution in [2.45, 2.75) is 77.9 Å². The third kappa shape index (κ3) is 3.25. The van der Waals surface area contributed by atoms with E-state index in [1.54, 1.807) is 0 Å². The molecule has 3 unspecified atom stereocenters. The minimum absolute atomic E-state index is 0.372. The average molecular weight is 278 g/mol. The molecule has 0 aliphatic heterocycles. The van der Waals surface area contributed by atoms with Crippen molar-refractivity contribution in [3.05, 3.63) is 18.0 Å². The molecule has 0 bridgehead atoms. The van der Waals surface area contributed by atoms with Crippen LogP contribution < -0.4 is 0 Å². The molecule has 1 aliphatic rings. The zero-order valence-corrected chi connectivity index (χ0v) is 13.5. The molecule has 0 spiro atoms. The van der Waals surface area contributed by atoms with E-state index in [1.807, 2.05) is 0 Å². The van der Waals surface area contributed by atoms with Gasteiger partial charge < -0.3 is 5.11 Å². The molecule has 1 N–H and O–H groups in total. The molecule has 0 saturated heterocycles. The van der Waals surface area contributed by atoms with E-state index in [4.69, 9.17) is 5.10 Å². The van der Waals surface area contributed by atoms with Crippen LogP contribution >= 0.6 is 0 Å². The summed E-state index contributed by atoms with van der Waals surface area (Å²) in [5, 5.41) is 15.7. The third-order valence-electron chi connectivity index (χ3n) is 5.18. The zero-order valence-electron chi connectivity index (χ0n) is 13.5. The zero-order chi connectivity index (χ0) is 14.8. The highest BCUT2D eigenvalue weighted by Crippen LogP contribution is 2.38.